The second kappa shape index (κ2) is 6.85. The van der Waals surface area contributed by atoms with E-state index in [0.29, 0.717) is 11.3 Å². The molecule has 7 heteroatoms. The van der Waals surface area contributed by atoms with Gasteiger partial charge in [-0.3, -0.25) is 9.59 Å². The third kappa shape index (κ3) is 4.20. The summed E-state index contributed by atoms with van der Waals surface area (Å²) in [6, 6.07) is 2.21. The van der Waals surface area contributed by atoms with E-state index in [0.717, 1.165) is 0 Å². The molecule has 2 unspecified atom stereocenters. The van der Waals surface area contributed by atoms with Crippen LogP contribution in [0.4, 0.5) is 4.39 Å². The number of carboxylic acids is 1. The molecule has 2 atom stereocenters. The molecule has 110 valence electrons. The van der Waals surface area contributed by atoms with E-state index >= 15 is 0 Å². The molecule has 0 heterocycles. The fraction of sp³-hybridized carbons (Fsp3) is 0.385. The molecule has 0 radical (unpaired) electrons. The van der Waals surface area contributed by atoms with E-state index in [-0.39, 0.29) is 0 Å². The molecule has 0 spiro atoms. The summed E-state index contributed by atoms with van der Waals surface area (Å²) < 4.78 is 18.3. The summed E-state index contributed by atoms with van der Waals surface area (Å²) in [7, 11) is 1.43. The van der Waals surface area contributed by atoms with Crippen LogP contribution in [0.3, 0.4) is 0 Å². The maximum Gasteiger partial charge on any atom is 0.305 e. The first-order valence-electron chi connectivity index (χ1n) is 5.96. The molecule has 1 amide bonds. The van der Waals surface area contributed by atoms with Gasteiger partial charge in [0, 0.05) is 5.56 Å². The largest absolute Gasteiger partial charge is 0.496 e. The predicted molar refractivity (Wildman–Crippen MR) is 69.7 cm³/mol. The van der Waals surface area contributed by atoms with Crippen molar-refractivity contribution in [2.45, 2.75) is 25.4 Å². The van der Waals surface area contributed by atoms with E-state index in [2.05, 4.69) is 5.32 Å². The van der Waals surface area contributed by atoms with Crippen molar-refractivity contribution >= 4 is 11.9 Å². The lowest BCUT2D eigenvalue weighted by Crippen LogP contribution is -2.42. The van der Waals surface area contributed by atoms with Gasteiger partial charge in [0.2, 0.25) is 5.91 Å². The minimum absolute atomic E-state index is 0.422. The minimum Gasteiger partial charge on any atom is -0.496 e. The molecule has 0 aliphatic heterocycles. The molecule has 6 nitrogen and oxygen atoms in total. The number of benzene rings is 1. The van der Waals surface area contributed by atoms with Crippen LogP contribution in [-0.2, 0) is 9.59 Å². The average molecular weight is 284 g/mol. The highest BCUT2D eigenvalue weighted by atomic mass is 19.1. The van der Waals surface area contributed by atoms with Crippen molar-refractivity contribution in [2.24, 2.45) is 5.73 Å². The van der Waals surface area contributed by atoms with Crippen LogP contribution in [0.1, 0.15) is 24.9 Å². The van der Waals surface area contributed by atoms with Gasteiger partial charge in [-0.25, -0.2) is 4.39 Å². The smallest absolute Gasteiger partial charge is 0.305 e. The highest BCUT2D eigenvalue weighted by Crippen LogP contribution is 2.25. The van der Waals surface area contributed by atoms with Gasteiger partial charge in [0.1, 0.15) is 11.6 Å². The van der Waals surface area contributed by atoms with Crippen molar-refractivity contribution in [2.75, 3.05) is 7.11 Å². The van der Waals surface area contributed by atoms with Crippen molar-refractivity contribution in [3.05, 3.63) is 29.6 Å². The quantitative estimate of drug-likeness (QED) is 0.717. The maximum absolute atomic E-state index is 13.2. The zero-order valence-electron chi connectivity index (χ0n) is 11.2. The number of amides is 1. The molecule has 0 saturated heterocycles. The predicted octanol–water partition coefficient (Wildman–Crippen LogP) is 0.813. The number of aliphatic carboxylic acids is 1. The molecule has 0 saturated carbocycles. The number of methoxy groups -OCH3 is 1. The molecular weight excluding hydrogens is 267 g/mol. The highest BCUT2D eigenvalue weighted by molar-refractivity contribution is 5.86. The number of nitrogens with two attached hydrogens (primary N) is 1. The van der Waals surface area contributed by atoms with Gasteiger partial charge in [-0.15, -0.1) is 0 Å². The Labute approximate surface area is 115 Å². The van der Waals surface area contributed by atoms with Crippen molar-refractivity contribution in [1.29, 1.82) is 0 Å². The summed E-state index contributed by atoms with van der Waals surface area (Å²) in [5.74, 6) is -1.82. The van der Waals surface area contributed by atoms with Gasteiger partial charge in [-0.2, -0.15) is 0 Å². The van der Waals surface area contributed by atoms with Crippen molar-refractivity contribution < 1.29 is 23.8 Å². The Hall–Kier alpha value is -2.15. The van der Waals surface area contributed by atoms with E-state index in [1.807, 2.05) is 0 Å². The second-order valence-electron chi connectivity index (χ2n) is 4.32. The number of hydrogen-bond donors (Lipinski definition) is 3. The average Bonchev–Trinajstić information content (AvgIpc) is 2.37. The lowest BCUT2D eigenvalue weighted by Gasteiger charge is -2.19. The Morgan fingerprint density at radius 3 is 2.70 bits per heavy atom. The van der Waals surface area contributed by atoms with Gasteiger partial charge >= 0.3 is 5.97 Å². The van der Waals surface area contributed by atoms with Crippen molar-refractivity contribution in [3.8, 4) is 5.75 Å². The Kier molecular flexibility index (Phi) is 5.45. The molecule has 0 aliphatic rings. The Balaban J connectivity index is 2.80. The first-order valence-corrected chi connectivity index (χ1v) is 5.96. The van der Waals surface area contributed by atoms with Gasteiger partial charge < -0.3 is 20.9 Å². The summed E-state index contributed by atoms with van der Waals surface area (Å²) in [4.78, 5) is 22.2. The fourth-order valence-electron chi connectivity index (χ4n) is 1.72. The number of hydrogen-bond acceptors (Lipinski definition) is 4. The standard InChI is InChI=1S/C13H17FN2O4/c1-7(16-13(19)10(15)6-12(17)18)9-5-8(14)3-4-11(9)20-2/h3-5,7,10H,6,15H2,1-2H3,(H,16,19)(H,17,18). The molecular formula is C13H17FN2O4. The minimum atomic E-state index is -1.16. The number of carbonyl (C=O) groups excluding carboxylic acids is 1. The SMILES string of the molecule is COc1ccc(F)cc1C(C)NC(=O)C(N)CC(=O)O. The lowest BCUT2D eigenvalue weighted by atomic mass is 10.1. The normalized spacial score (nSPS) is 13.4. The van der Waals surface area contributed by atoms with E-state index in [1.165, 1.54) is 25.3 Å². The molecule has 1 aromatic rings. The Morgan fingerprint density at radius 2 is 2.15 bits per heavy atom. The van der Waals surface area contributed by atoms with Crippen molar-refractivity contribution in [1.82, 2.24) is 5.32 Å². The topological polar surface area (TPSA) is 102 Å². The van der Waals surface area contributed by atoms with E-state index in [1.54, 1.807) is 6.92 Å². The molecule has 20 heavy (non-hydrogen) atoms. The number of carboxylic acid groups (broad SMARTS) is 1. The van der Waals surface area contributed by atoms with Crippen LogP contribution < -0.4 is 15.8 Å². The Morgan fingerprint density at radius 1 is 1.50 bits per heavy atom. The van der Waals surface area contributed by atoms with Crippen LogP contribution in [0.25, 0.3) is 0 Å². The monoisotopic (exact) mass is 284 g/mol. The zero-order chi connectivity index (χ0) is 15.3. The first kappa shape index (κ1) is 15.9. The lowest BCUT2D eigenvalue weighted by molar-refractivity contribution is -0.139. The van der Waals surface area contributed by atoms with Crippen LogP contribution in [0.2, 0.25) is 0 Å². The summed E-state index contributed by atoms with van der Waals surface area (Å²) in [6.07, 6.45) is -0.473. The van der Waals surface area contributed by atoms with Gasteiger partial charge in [0.25, 0.3) is 0 Å². The van der Waals surface area contributed by atoms with Gasteiger partial charge in [0.15, 0.2) is 0 Å². The molecule has 1 rings (SSSR count). The summed E-state index contributed by atoms with van der Waals surface area (Å²) in [5.41, 5.74) is 5.89. The number of halogens is 1. The van der Waals surface area contributed by atoms with Crippen LogP contribution >= 0.6 is 0 Å². The molecule has 4 N–H and O–H groups in total. The summed E-state index contributed by atoms with van der Waals surface area (Å²) >= 11 is 0. The molecule has 0 fully saturated rings. The molecule has 0 aromatic heterocycles. The number of nitrogens with one attached hydrogen (secondary N) is 1. The Bertz CT molecular complexity index is 507. The molecule has 0 aliphatic carbocycles. The third-order valence-corrected chi connectivity index (χ3v) is 2.75. The van der Waals surface area contributed by atoms with Gasteiger partial charge in [0.05, 0.1) is 25.6 Å². The summed E-state index contributed by atoms with van der Waals surface area (Å²) in [6.45, 7) is 1.63. The molecule has 1 aromatic carbocycles. The van der Waals surface area contributed by atoms with Crippen LogP contribution in [0.5, 0.6) is 5.75 Å². The third-order valence-electron chi connectivity index (χ3n) is 2.75. The van der Waals surface area contributed by atoms with E-state index in [9.17, 15) is 14.0 Å². The van der Waals surface area contributed by atoms with Crippen LogP contribution in [0, 0.1) is 5.82 Å². The van der Waals surface area contributed by atoms with Gasteiger partial charge in [-0.1, -0.05) is 0 Å². The van der Waals surface area contributed by atoms with Crippen LogP contribution in [-0.4, -0.2) is 30.1 Å². The second-order valence-corrected chi connectivity index (χ2v) is 4.32. The van der Waals surface area contributed by atoms with Crippen molar-refractivity contribution in [3.63, 3.8) is 0 Å². The fourth-order valence-corrected chi connectivity index (χ4v) is 1.72. The van der Waals surface area contributed by atoms with Crippen LogP contribution in [0.15, 0.2) is 18.2 Å². The number of ether oxygens (including phenoxy) is 1. The number of carbonyl (C=O) groups is 2. The maximum atomic E-state index is 13.2. The summed E-state index contributed by atoms with van der Waals surface area (Å²) in [5, 5.41) is 11.1. The van der Waals surface area contributed by atoms with E-state index in [4.69, 9.17) is 15.6 Å². The highest BCUT2D eigenvalue weighted by Gasteiger charge is 2.21. The van der Waals surface area contributed by atoms with Gasteiger partial charge in [-0.05, 0) is 25.1 Å². The van der Waals surface area contributed by atoms with E-state index < -0.39 is 36.2 Å². The molecule has 0 bridgehead atoms. The zero-order valence-corrected chi connectivity index (χ0v) is 11.2. The number of rotatable bonds is 6. The first-order chi connectivity index (χ1) is 9.35.